The molecule has 0 bridgehead atoms. The summed E-state index contributed by atoms with van der Waals surface area (Å²) in [4.78, 5) is 22.7. The van der Waals surface area contributed by atoms with Crippen LogP contribution in [0.5, 0.6) is 5.75 Å². The number of nitro benzene ring substituents is 1. The van der Waals surface area contributed by atoms with Crippen LogP contribution in [0.25, 0.3) is 0 Å². The van der Waals surface area contributed by atoms with Gasteiger partial charge in [-0.3, -0.25) is 14.9 Å². The second kappa shape index (κ2) is 8.31. The van der Waals surface area contributed by atoms with Gasteiger partial charge in [0.1, 0.15) is 0 Å². The van der Waals surface area contributed by atoms with Crippen molar-refractivity contribution in [3.8, 4) is 5.75 Å². The highest BCUT2D eigenvalue weighted by atomic mass is 16.6. The number of rotatable bonds is 7. The first-order valence-corrected chi connectivity index (χ1v) is 7.99. The van der Waals surface area contributed by atoms with Gasteiger partial charge in [0.15, 0.2) is 5.75 Å². The molecule has 1 aromatic carbocycles. The van der Waals surface area contributed by atoms with Crippen molar-refractivity contribution < 1.29 is 14.5 Å². The maximum atomic E-state index is 12.1. The number of benzene rings is 1. The van der Waals surface area contributed by atoms with Gasteiger partial charge in [0.2, 0.25) is 0 Å². The molecule has 0 heterocycles. The van der Waals surface area contributed by atoms with Gasteiger partial charge in [-0.15, -0.1) is 0 Å². The molecule has 2 rings (SSSR count). The number of ether oxygens (including phenoxy) is 1. The number of nitrogens with one attached hydrogen (secondary N) is 1. The lowest BCUT2D eigenvalue weighted by atomic mass is 9.97. The summed E-state index contributed by atoms with van der Waals surface area (Å²) in [7, 11) is 0. The van der Waals surface area contributed by atoms with Crippen LogP contribution in [0, 0.1) is 10.1 Å². The number of carbonyl (C=O) groups excluding carboxylic acids is 1. The number of allylic oxidation sites excluding steroid dienone is 1. The summed E-state index contributed by atoms with van der Waals surface area (Å²) < 4.78 is 5.21. The molecule has 1 amide bonds. The quantitative estimate of drug-likeness (QED) is 0.473. The van der Waals surface area contributed by atoms with E-state index in [1.807, 2.05) is 0 Å². The van der Waals surface area contributed by atoms with E-state index in [0.717, 1.165) is 19.3 Å². The van der Waals surface area contributed by atoms with Gasteiger partial charge in [-0.1, -0.05) is 11.6 Å². The monoisotopic (exact) mass is 318 g/mol. The molecule has 1 aliphatic rings. The molecule has 0 unspecified atom stereocenters. The van der Waals surface area contributed by atoms with Crippen molar-refractivity contribution in [3.63, 3.8) is 0 Å². The zero-order valence-electron chi connectivity index (χ0n) is 13.3. The molecule has 0 atom stereocenters. The van der Waals surface area contributed by atoms with Crippen LogP contribution in [0.3, 0.4) is 0 Å². The van der Waals surface area contributed by atoms with Crippen LogP contribution in [0.4, 0.5) is 5.69 Å². The second-order valence-electron chi connectivity index (χ2n) is 5.49. The van der Waals surface area contributed by atoms with Gasteiger partial charge in [0, 0.05) is 18.2 Å². The number of carbonyl (C=O) groups is 1. The van der Waals surface area contributed by atoms with Crippen LogP contribution in [-0.2, 0) is 0 Å². The van der Waals surface area contributed by atoms with E-state index >= 15 is 0 Å². The Balaban J connectivity index is 1.97. The van der Waals surface area contributed by atoms with Crippen molar-refractivity contribution in [3.05, 3.63) is 45.5 Å². The lowest BCUT2D eigenvalue weighted by molar-refractivity contribution is -0.385. The summed E-state index contributed by atoms with van der Waals surface area (Å²) in [6, 6.07) is 4.29. The molecule has 6 nitrogen and oxygen atoms in total. The lowest BCUT2D eigenvalue weighted by Gasteiger charge is -2.13. The molecule has 0 aliphatic heterocycles. The van der Waals surface area contributed by atoms with E-state index in [9.17, 15) is 14.9 Å². The van der Waals surface area contributed by atoms with Crippen molar-refractivity contribution in [2.24, 2.45) is 0 Å². The summed E-state index contributed by atoms with van der Waals surface area (Å²) in [5, 5.41) is 13.9. The van der Waals surface area contributed by atoms with Crippen molar-refractivity contribution in [1.82, 2.24) is 5.32 Å². The Kier molecular flexibility index (Phi) is 6.14. The van der Waals surface area contributed by atoms with Crippen molar-refractivity contribution >= 4 is 11.6 Å². The molecule has 0 radical (unpaired) electrons. The zero-order chi connectivity index (χ0) is 16.7. The third-order valence-electron chi connectivity index (χ3n) is 3.83. The molecule has 23 heavy (non-hydrogen) atoms. The van der Waals surface area contributed by atoms with Gasteiger partial charge in [-0.25, -0.2) is 0 Å². The molecule has 6 heteroatoms. The van der Waals surface area contributed by atoms with E-state index < -0.39 is 4.92 Å². The zero-order valence-corrected chi connectivity index (χ0v) is 13.3. The van der Waals surface area contributed by atoms with Crippen LogP contribution >= 0.6 is 0 Å². The smallest absolute Gasteiger partial charge is 0.311 e. The predicted octanol–water partition coefficient (Wildman–Crippen LogP) is 3.61. The summed E-state index contributed by atoms with van der Waals surface area (Å²) >= 11 is 0. The predicted molar refractivity (Wildman–Crippen MR) is 87.8 cm³/mol. The van der Waals surface area contributed by atoms with Crippen molar-refractivity contribution in [2.45, 2.75) is 39.0 Å². The maximum absolute atomic E-state index is 12.1. The molecular weight excluding hydrogens is 296 g/mol. The van der Waals surface area contributed by atoms with E-state index in [-0.39, 0.29) is 22.9 Å². The fourth-order valence-electron chi connectivity index (χ4n) is 2.65. The Morgan fingerprint density at radius 1 is 1.39 bits per heavy atom. The highest BCUT2D eigenvalue weighted by Gasteiger charge is 2.18. The summed E-state index contributed by atoms with van der Waals surface area (Å²) in [5.74, 6) is -0.117. The molecule has 124 valence electrons. The van der Waals surface area contributed by atoms with E-state index in [0.29, 0.717) is 13.2 Å². The van der Waals surface area contributed by atoms with Crippen LogP contribution < -0.4 is 10.1 Å². The third-order valence-corrected chi connectivity index (χ3v) is 3.83. The minimum absolute atomic E-state index is 0.182. The topological polar surface area (TPSA) is 81.5 Å². The van der Waals surface area contributed by atoms with Crippen LogP contribution in [0.2, 0.25) is 0 Å². The van der Waals surface area contributed by atoms with E-state index in [1.165, 1.54) is 30.5 Å². The van der Waals surface area contributed by atoms with Gasteiger partial charge < -0.3 is 10.1 Å². The Labute approximate surface area is 135 Å². The van der Waals surface area contributed by atoms with Crippen LogP contribution in [-0.4, -0.2) is 24.0 Å². The van der Waals surface area contributed by atoms with Gasteiger partial charge in [-0.2, -0.15) is 0 Å². The lowest BCUT2D eigenvalue weighted by Crippen LogP contribution is -2.25. The first-order chi connectivity index (χ1) is 11.1. The molecule has 0 saturated carbocycles. The van der Waals surface area contributed by atoms with Crippen LogP contribution in [0.1, 0.15) is 49.4 Å². The van der Waals surface area contributed by atoms with Gasteiger partial charge >= 0.3 is 5.69 Å². The minimum Gasteiger partial charge on any atom is -0.487 e. The summed E-state index contributed by atoms with van der Waals surface area (Å²) in [6.45, 7) is 2.64. The molecule has 0 fully saturated rings. The highest BCUT2D eigenvalue weighted by molar-refractivity contribution is 5.95. The van der Waals surface area contributed by atoms with Crippen molar-refractivity contribution in [2.75, 3.05) is 13.2 Å². The number of nitro groups is 1. The average molecular weight is 318 g/mol. The molecule has 1 aromatic rings. The van der Waals surface area contributed by atoms with Crippen LogP contribution in [0.15, 0.2) is 29.8 Å². The van der Waals surface area contributed by atoms with Gasteiger partial charge in [0.05, 0.1) is 11.5 Å². The molecule has 1 aliphatic carbocycles. The van der Waals surface area contributed by atoms with Crippen molar-refractivity contribution in [1.29, 1.82) is 0 Å². The number of nitrogens with zero attached hydrogens (tertiary/aromatic N) is 1. The molecule has 1 N–H and O–H groups in total. The molecule has 0 spiro atoms. The summed E-state index contributed by atoms with van der Waals surface area (Å²) in [6.07, 6.45) is 7.76. The molecule has 0 aromatic heterocycles. The Hall–Kier alpha value is -2.37. The first-order valence-electron chi connectivity index (χ1n) is 7.99. The fourth-order valence-corrected chi connectivity index (χ4v) is 2.65. The fraction of sp³-hybridized carbons (Fsp3) is 0.471. The number of hydrogen-bond acceptors (Lipinski definition) is 4. The van der Waals surface area contributed by atoms with E-state index in [4.69, 9.17) is 4.74 Å². The van der Waals surface area contributed by atoms with Gasteiger partial charge in [0.25, 0.3) is 5.91 Å². The summed E-state index contributed by atoms with van der Waals surface area (Å²) in [5.41, 5.74) is 1.47. The SMILES string of the molecule is CCOc1ccc(C(=O)NCCC2=CCCCC2)cc1[N+](=O)[O-]. The molecule has 0 saturated heterocycles. The van der Waals surface area contributed by atoms with E-state index in [2.05, 4.69) is 11.4 Å². The van der Waals surface area contributed by atoms with E-state index in [1.54, 1.807) is 13.0 Å². The Morgan fingerprint density at radius 3 is 2.87 bits per heavy atom. The average Bonchev–Trinajstić information content (AvgIpc) is 2.56. The first kappa shape index (κ1) is 17.0. The number of amides is 1. The second-order valence-corrected chi connectivity index (χ2v) is 5.49. The highest BCUT2D eigenvalue weighted by Crippen LogP contribution is 2.28. The normalized spacial score (nSPS) is 14.0. The largest absolute Gasteiger partial charge is 0.487 e. The number of hydrogen-bond donors (Lipinski definition) is 1. The third kappa shape index (κ3) is 4.81. The minimum atomic E-state index is -0.533. The Morgan fingerprint density at radius 2 is 2.22 bits per heavy atom. The molecular formula is C17H22N2O4. The standard InChI is InChI=1S/C17H22N2O4/c1-2-23-16-9-8-14(12-15(16)19(21)22)17(20)18-11-10-13-6-4-3-5-7-13/h6,8-9,12H,2-5,7,10-11H2,1H3,(H,18,20). The van der Waals surface area contributed by atoms with Gasteiger partial charge in [-0.05, 0) is 51.2 Å². The Bertz CT molecular complexity index is 611. The maximum Gasteiger partial charge on any atom is 0.311 e.